The van der Waals surface area contributed by atoms with E-state index in [1.165, 1.54) is 0 Å². The van der Waals surface area contributed by atoms with E-state index < -0.39 is 0 Å². The summed E-state index contributed by atoms with van der Waals surface area (Å²) in [5, 5.41) is 3.81. The average Bonchev–Trinajstić information content (AvgIpc) is 3.02. The van der Waals surface area contributed by atoms with Crippen molar-refractivity contribution in [2.45, 2.75) is 25.4 Å². The van der Waals surface area contributed by atoms with Gasteiger partial charge in [-0.3, -0.25) is 4.79 Å². The normalized spacial score (nSPS) is 24.0. The van der Waals surface area contributed by atoms with Gasteiger partial charge in [0.2, 0.25) is 0 Å². The molecule has 0 spiro atoms. The molecule has 2 aliphatic heterocycles. The van der Waals surface area contributed by atoms with Gasteiger partial charge in [0.15, 0.2) is 0 Å². The monoisotopic (exact) mass is 313 g/mol. The summed E-state index contributed by atoms with van der Waals surface area (Å²) in [7, 11) is 1.81. The fraction of sp³-hybridized carbons (Fsp3) is 0.412. The predicted molar refractivity (Wildman–Crippen MR) is 85.3 cm³/mol. The first-order valence-corrected chi connectivity index (χ1v) is 7.87. The van der Waals surface area contributed by atoms with Crippen LogP contribution in [0, 0.1) is 6.92 Å². The second-order valence-corrected chi connectivity index (χ2v) is 6.30. The maximum Gasteiger partial charge on any atom is 0.317 e. The lowest BCUT2D eigenvalue weighted by Crippen LogP contribution is -2.52. The maximum absolute atomic E-state index is 13.0. The molecule has 0 aliphatic carbocycles. The van der Waals surface area contributed by atoms with Gasteiger partial charge in [-0.1, -0.05) is 18.2 Å². The van der Waals surface area contributed by atoms with E-state index in [1.807, 2.05) is 43.1 Å². The lowest BCUT2D eigenvalue weighted by Gasteiger charge is -2.35. The van der Waals surface area contributed by atoms with Gasteiger partial charge < -0.3 is 19.5 Å². The fourth-order valence-corrected chi connectivity index (χ4v) is 3.73. The molecule has 0 unspecified atom stereocenters. The molecule has 2 fully saturated rings. The Morgan fingerprint density at radius 2 is 2.13 bits per heavy atom. The summed E-state index contributed by atoms with van der Waals surface area (Å²) >= 11 is 0. The van der Waals surface area contributed by atoms with E-state index in [0.29, 0.717) is 24.4 Å². The van der Waals surface area contributed by atoms with Crippen molar-refractivity contribution >= 4 is 22.9 Å². The predicted octanol–water partition coefficient (Wildman–Crippen LogP) is 1.98. The largest absolute Gasteiger partial charge is 0.461 e. The van der Waals surface area contributed by atoms with Gasteiger partial charge in [-0.25, -0.2) is 4.79 Å². The van der Waals surface area contributed by atoms with E-state index >= 15 is 0 Å². The highest BCUT2D eigenvalue weighted by Gasteiger charge is 2.42. The van der Waals surface area contributed by atoms with Gasteiger partial charge in [0.05, 0.1) is 17.6 Å². The number of hydrogen-bond acceptors (Lipinski definition) is 3. The molecule has 120 valence electrons. The molecule has 1 aromatic carbocycles. The van der Waals surface area contributed by atoms with Gasteiger partial charge in [-0.15, -0.1) is 0 Å². The fourth-order valence-electron chi connectivity index (χ4n) is 3.73. The summed E-state index contributed by atoms with van der Waals surface area (Å²) in [6.45, 7) is 3.02. The van der Waals surface area contributed by atoms with Crippen LogP contribution >= 0.6 is 0 Å². The number of benzene rings is 1. The molecular weight excluding hydrogens is 294 g/mol. The van der Waals surface area contributed by atoms with Gasteiger partial charge in [0.25, 0.3) is 5.91 Å². The molecule has 2 saturated heterocycles. The van der Waals surface area contributed by atoms with Crippen LogP contribution in [0.4, 0.5) is 4.79 Å². The third-order valence-electron chi connectivity index (χ3n) is 4.98. The Bertz CT molecular complexity index is 797. The smallest absolute Gasteiger partial charge is 0.317 e. The summed E-state index contributed by atoms with van der Waals surface area (Å²) in [5.41, 5.74) is 1.37. The zero-order valence-electron chi connectivity index (χ0n) is 13.2. The number of likely N-dealkylation sites (tertiary alicyclic amines) is 1. The first-order valence-electron chi connectivity index (χ1n) is 7.87. The Hall–Kier alpha value is -2.50. The number of amides is 3. The van der Waals surface area contributed by atoms with E-state index in [4.69, 9.17) is 4.42 Å². The molecule has 3 amide bonds. The summed E-state index contributed by atoms with van der Waals surface area (Å²) in [4.78, 5) is 28.3. The molecular formula is C17H19N3O3. The number of piperidine rings is 1. The molecule has 1 N–H and O–H groups in total. The molecule has 2 aromatic rings. The van der Waals surface area contributed by atoms with Crippen LogP contribution in [0.3, 0.4) is 0 Å². The molecule has 2 atom stereocenters. The molecule has 23 heavy (non-hydrogen) atoms. The summed E-state index contributed by atoms with van der Waals surface area (Å²) in [6, 6.07) is 7.71. The lowest BCUT2D eigenvalue weighted by molar-refractivity contribution is 0.0666. The number of para-hydroxylation sites is 1. The van der Waals surface area contributed by atoms with Gasteiger partial charge in [0, 0.05) is 25.5 Å². The Balaban J connectivity index is 1.62. The second kappa shape index (κ2) is 5.01. The van der Waals surface area contributed by atoms with Gasteiger partial charge in [-0.2, -0.15) is 0 Å². The topological polar surface area (TPSA) is 65.8 Å². The number of aryl methyl sites for hydroxylation is 1. The molecule has 6 heteroatoms. The van der Waals surface area contributed by atoms with Crippen molar-refractivity contribution in [1.82, 2.24) is 15.1 Å². The van der Waals surface area contributed by atoms with E-state index in [0.717, 1.165) is 17.4 Å². The quantitative estimate of drug-likeness (QED) is 0.875. The van der Waals surface area contributed by atoms with Crippen molar-refractivity contribution < 1.29 is 14.0 Å². The first-order chi connectivity index (χ1) is 11.1. The first kappa shape index (κ1) is 14.1. The molecule has 3 heterocycles. The van der Waals surface area contributed by atoms with Crippen molar-refractivity contribution in [1.29, 1.82) is 0 Å². The molecule has 2 aliphatic rings. The van der Waals surface area contributed by atoms with Crippen LogP contribution in [0.15, 0.2) is 28.7 Å². The number of likely N-dealkylation sites (N-methyl/N-ethyl adjacent to an activating group) is 1. The van der Waals surface area contributed by atoms with Crippen LogP contribution in [0.1, 0.15) is 22.5 Å². The van der Waals surface area contributed by atoms with Crippen LogP contribution in [0.5, 0.6) is 0 Å². The molecule has 0 radical (unpaired) electrons. The molecule has 4 rings (SSSR count). The molecule has 0 saturated carbocycles. The van der Waals surface area contributed by atoms with Crippen LogP contribution in [0.25, 0.3) is 11.0 Å². The minimum absolute atomic E-state index is 0.00340. The molecule has 6 nitrogen and oxygen atoms in total. The van der Waals surface area contributed by atoms with Crippen molar-refractivity contribution in [2.75, 3.05) is 20.1 Å². The minimum Gasteiger partial charge on any atom is -0.461 e. The SMILES string of the molecule is Cc1oc2ccccc2c1C(=O)N1CC[C@H]2[C@@H](C1)NC(=O)N2C. The number of carbonyl (C=O) groups is 2. The van der Waals surface area contributed by atoms with Crippen LogP contribution in [-0.4, -0.2) is 54.0 Å². The molecule has 0 bridgehead atoms. The number of furan rings is 1. The lowest BCUT2D eigenvalue weighted by atomic mass is 9.99. The Kier molecular flexibility index (Phi) is 3.07. The average molecular weight is 313 g/mol. The number of hydrogen-bond donors (Lipinski definition) is 1. The van der Waals surface area contributed by atoms with Crippen molar-refractivity contribution in [3.8, 4) is 0 Å². The number of rotatable bonds is 1. The van der Waals surface area contributed by atoms with E-state index in [-0.39, 0.29) is 24.0 Å². The number of fused-ring (bicyclic) bond motifs is 2. The maximum atomic E-state index is 13.0. The summed E-state index contributed by atoms with van der Waals surface area (Å²) in [5.74, 6) is 0.626. The van der Waals surface area contributed by atoms with Crippen molar-refractivity contribution in [3.05, 3.63) is 35.6 Å². The Morgan fingerprint density at radius 1 is 1.35 bits per heavy atom. The Morgan fingerprint density at radius 3 is 2.96 bits per heavy atom. The van der Waals surface area contributed by atoms with E-state index in [9.17, 15) is 9.59 Å². The standard InChI is InChI=1S/C17H19N3O3/c1-10-15(11-5-3-4-6-14(11)23-10)16(21)20-8-7-13-12(9-20)18-17(22)19(13)2/h3-6,12-13H,7-9H2,1-2H3,(H,18,22)/t12-,13+/m1/s1. The summed E-state index contributed by atoms with van der Waals surface area (Å²) in [6.07, 6.45) is 0.792. The molecule has 1 aromatic heterocycles. The highest BCUT2D eigenvalue weighted by Crippen LogP contribution is 2.28. The third kappa shape index (κ3) is 2.09. The van der Waals surface area contributed by atoms with Gasteiger partial charge in [0.1, 0.15) is 11.3 Å². The number of nitrogens with one attached hydrogen (secondary N) is 1. The highest BCUT2D eigenvalue weighted by atomic mass is 16.3. The zero-order chi connectivity index (χ0) is 16.1. The van der Waals surface area contributed by atoms with Crippen LogP contribution < -0.4 is 5.32 Å². The third-order valence-corrected chi connectivity index (χ3v) is 4.98. The van der Waals surface area contributed by atoms with Gasteiger partial charge in [-0.05, 0) is 19.4 Å². The minimum atomic E-state index is -0.0563. The number of urea groups is 1. The van der Waals surface area contributed by atoms with E-state index in [2.05, 4.69) is 5.32 Å². The van der Waals surface area contributed by atoms with Gasteiger partial charge >= 0.3 is 6.03 Å². The highest BCUT2D eigenvalue weighted by molar-refractivity contribution is 6.07. The van der Waals surface area contributed by atoms with E-state index in [1.54, 1.807) is 4.90 Å². The van der Waals surface area contributed by atoms with Crippen molar-refractivity contribution in [3.63, 3.8) is 0 Å². The van der Waals surface area contributed by atoms with Crippen LogP contribution in [-0.2, 0) is 0 Å². The second-order valence-electron chi connectivity index (χ2n) is 6.30. The number of carbonyl (C=O) groups excluding carboxylic acids is 2. The Labute approximate surface area is 134 Å². The number of nitrogens with zero attached hydrogens (tertiary/aromatic N) is 2. The summed E-state index contributed by atoms with van der Waals surface area (Å²) < 4.78 is 5.71. The zero-order valence-corrected chi connectivity index (χ0v) is 13.2. The van der Waals surface area contributed by atoms with Crippen LogP contribution in [0.2, 0.25) is 0 Å². The van der Waals surface area contributed by atoms with Crippen molar-refractivity contribution in [2.24, 2.45) is 0 Å².